The summed E-state index contributed by atoms with van der Waals surface area (Å²) < 4.78 is 37.2. The molecule has 0 atom stereocenters. The van der Waals surface area contributed by atoms with Gasteiger partial charge in [-0.1, -0.05) is 18.2 Å². The highest BCUT2D eigenvalue weighted by molar-refractivity contribution is 5.93. The van der Waals surface area contributed by atoms with Gasteiger partial charge in [-0.25, -0.2) is 14.6 Å². The summed E-state index contributed by atoms with van der Waals surface area (Å²) in [6.45, 7) is 44.5. The van der Waals surface area contributed by atoms with Crippen LogP contribution >= 0.6 is 0 Å². The van der Waals surface area contributed by atoms with Crippen molar-refractivity contribution >= 4 is 87.5 Å². The first-order valence-corrected chi connectivity index (χ1v) is 41.4. The minimum absolute atomic E-state index is 0.00319. The molecule has 658 valence electrons. The van der Waals surface area contributed by atoms with E-state index in [1.807, 2.05) is 197 Å². The SMILES string of the molecule is COc1cc(C)c(C)c2c(=O)cc(C)n(C)c12.COc1cc(C)c(C)c2c(C)cc(=O)n(C)c12.COc1cc(C)c(C)c2c1[nH]c(=O)n2C.COc1cc(C)c(C)c2c1nc(C)n2C.Cc1cc2c(=O)n(C)c(=O)n(C)c2cc1C.Cc1ccc2c(=O)cc(C)n(C)c2c1C.Cc1ccc2c(c(C)cc(=O)n2C)c1C.Cc1ccc2c(c1C)c(=O)cc(C)n2C. The molecule has 8 aromatic carbocycles. The van der Waals surface area contributed by atoms with Gasteiger partial charge in [0.05, 0.1) is 83.3 Å². The van der Waals surface area contributed by atoms with Gasteiger partial charge in [-0.15, -0.1) is 0 Å². The Bertz CT molecular complexity index is 7520. The topological polar surface area (TPSA) is 247 Å². The first-order chi connectivity index (χ1) is 58.5. The summed E-state index contributed by atoms with van der Waals surface area (Å²) in [7, 11) is 23.1. The second kappa shape index (κ2) is 38.2. The van der Waals surface area contributed by atoms with Gasteiger partial charge >= 0.3 is 11.4 Å². The summed E-state index contributed by atoms with van der Waals surface area (Å²) in [6, 6.07) is 32.2. The maximum absolute atomic E-state index is 12.1. The average Bonchev–Trinajstić information content (AvgIpc) is 1.42. The Balaban J connectivity index is 0.000000162. The van der Waals surface area contributed by atoms with E-state index in [0.717, 1.165) is 160 Å². The Morgan fingerprint density at radius 3 is 1.22 bits per heavy atom. The van der Waals surface area contributed by atoms with Crippen molar-refractivity contribution in [3.63, 3.8) is 0 Å². The molecule has 23 nitrogen and oxygen atoms in total. The molecule has 0 aliphatic rings. The Morgan fingerprint density at radius 2 is 0.672 bits per heavy atom. The highest BCUT2D eigenvalue weighted by Gasteiger charge is 2.20. The van der Waals surface area contributed by atoms with Crippen LogP contribution in [0, 0.1) is 152 Å². The summed E-state index contributed by atoms with van der Waals surface area (Å²) in [5.74, 6) is 4.09. The number of imidazole rings is 2. The van der Waals surface area contributed by atoms with Crippen LogP contribution in [0.2, 0.25) is 0 Å². The van der Waals surface area contributed by atoms with E-state index in [1.54, 1.807) is 93.6 Å². The molecule has 0 amide bonds. The van der Waals surface area contributed by atoms with Gasteiger partial charge in [-0.3, -0.25) is 42.5 Å². The van der Waals surface area contributed by atoms with E-state index in [0.29, 0.717) is 16.7 Å². The average molecular weight is 1700 g/mol. The maximum Gasteiger partial charge on any atom is 0.330 e. The van der Waals surface area contributed by atoms with Crippen LogP contribution in [-0.4, -0.2) is 79.5 Å². The van der Waals surface area contributed by atoms with Crippen molar-refractivity contribution in [3.8, 4) is 23.0 Å². The van der Waals surface area contributed by atoms with Crippen LogP contribution in [-0.2, 0) is 63.4 Å². The first kappa shape index (κ1) is 95.5. The number of aromatic nitrogens is 11. The second-order valence-electron chi connectivity index (χ2n) is 33.1. The maximum atomic E-state index is 12.1. The van der Waals surface area contributed by atoms with Crippen molar-refractivity contribution in [1.82, 2.24) is 51.1 Å². The monoisotopic (exact) mass is 1690 g/mol. The number of hydrogen-bond donors (Lipinski definition) is 1. The molecular weight excluding hydrogens is 1570 g/mol. The minimum atomic E-state index is -0.291. The largest absolute Gasteiger partial charge is 0.495 e. The first-order valence-electron chi connectivity index (χ1n) is 41.4. The number of H-pyrrole nitrogens is 1. The molecule has 0 aliphatic heterocycles. The van der Waals surface area contributed by atoms with Crippen LogP contribution < -0.4 is 63.3 Å². The fourth-order valence-electron chi connectivity index (χ4n) is 16.1. The van der Waals surface area contributed by atoms with Crippen LogP contribution in [0.15, 0.2) is 141 Å². The van der Waals surface area contributed by atoms with Crippen molar-refractivity contribution in [2.24, 2.45) is 63.4 Å². The fourth-order valence-corrected chi connectivity index (χ4v) is 16.1. The van der Waals surface area contributed by atoms with Crippen molar-refractivity contribution in [1.29, 1.82) is 0 Å². The molecule has 8 heterocycles. The van der Waals surface area contributed by atoms with Gasteiger partial charge < -0.3 is 51.3 Å². The number of benzene rings is 8. The number of aryl methyl sites for hydroxylation is 30. The molecule has 16 rings (SSSR count). The molecule has 0 aliphatic carbocycles. The van der Waals surface area contributed by atoms with Gasteiger partial charge in [0.25, 0.3) is 16.7 Å². The third-order valence-electron chi connectivity index (χ3n) is 25.4. The summed E-state index contributed by atoms with van der Waals surface area (Å²) in [4.78, 5) is 102. The molecule has 23 heteroatoms. The molecule has 0 saturated carbocycles. The summed E-state index contributed by atoms with van der Waals surface area (Å²) in [5.41, 5.74) is 32.6. The number of methoxy groups -OCH3 is 4. The number of nitrogens with one attached hydrogen (secondary N) is 1. The molecule has 0 unspecified atom stereocenters. The normalized spacial score (nSPS) is 10.9. The third kappa shape index (κ3) is 18.5. The summed E-state index contributed by atoms with van der Waals surface area (Å²) in [5, 5.41) is 5.33. The van der Waals surface area contributed by atoms with E-state index >= 15 is 0 Å². The van der Waals surface area contributed by atoms with Gasteiger partial charge in [-0.2, -0.15) is 0 Å². The molecule has 0 saturated heterocycles. The lowest BCUT2D eigenvalue weighted by Crippen LogP contribution is -2.37. The third-order valence-corrected chi connectivity index (χ3v) is 25.4. The molecule has 0 radical (unpaired) electrons. The number of rotatable bonds is 4. The van der Waals surface area contributed by atoms with E-state index in [2.05, 4.69) is 91.2 Å². The smallest absolute Gasteiger partial charge is 0.330 e. The predicted octanol–water partition coefficient (Wildman–Crippen LogP) is 17.2. The van der Waals surface area contributed by atoms with E-state index in [4.69, 9.17) is 18.9 Å². The van der Waals surface area contributed by atoms with Crippen LogP contribution in [0.3, 0.4) is 0 Å². The lowest BCUT2D eigenvalue weighted by atomic mass is 9.99. The van der Waals surface area contributed by atoms with Crippen LogP contribution in [0.5, 0.6) is 23.0 Å². The zero-order valence-electron chi connectivity index (χ0n) is 79.7. The zero-order valence-corrected chi connectivity index (χ0v) is 79.7. The van der Waals surface area contributed by atoms with Crippen molar-refractivity contribution < 1.29 is 18.9 Å². The quantitative estimate of drug-likeness (QED) is 0.172. The lowest BCUT2D eigenvalue weighted by molar-refractivity contribution is 0.417. The molecular formula is C102H123N11O12. The van der Waals surface area contributed by atoms with Gasteiger partial charge in [0.2, 0.25) is 0 Å². The zero-order chi connectivity index (χ0) is 93.3. The van der Waals surface area contributed by atoms with Gasteiger partial charge in [0.15, 0.2) is 16.3 Å². The molecule has 16 aromatic rings. The van der Waals surface area contributed by atoms with E-state index in [1.165, 1.54) is 72.6 Å². The number of nitrogens with zero attached hydrogens (tertiary/aromatic N) is 10. The van der Waals surface area contributed by atoms with Crippen LogP contribution in [0.25, 0.3) is 87.5 Å². The lowest BCUT2D eigenvalue weighted by Gasteiger charge is -2.15. The Morgan fingerprint density at radius 1 is 0.272 bits per heavy atom. The molecule has 8 aromatic heterocycles. The van der Waals surface area contributed by atoms with Crippen molar-refractivity contribution in [2.45, 2.75) is 152 Å². The molecule has 0 bridgehead atoms. The molecule has 0 spiro atoms. The Labute approximate surface area is 729 Å². The number of ether oxygens (including phenoxy) is 4. The number of hydrogen-bond acceptors (Lipinski definition) is 13. The standard InChI is InChI=1S/2C14H17NO2.3C13H15NO.C12H14N2O2.C12H16N2O.C11H14N2O2/c1-8-6-12(17-5)14-13(10(8)3)11(16)7-9(2)15(14)4;1-8-6-11(17-5)14-13(10(8)3)9(2)7-12(16)15(14)4;1-8-5-6-11-13(10(8)3)12(15)7-9(2)14(11)4;1-8-5-6-11-13(10(8)3)9(2)7-12(15)14(11)4;1-8-5-6-11-12(15)7-9(2)14(4)13(11)10(8)3;1-7-5-9-10(6-8(7)2)13(3)12(16)14(4)11(9)15;1-7-6-10(15-5)11-12(8(7)2)14(4)9(3)13-11;1-6-5-8(15-4)9-10(7(6)2)13(3)11(14)12-9/h2*6-7H,1-5H3;3*5-7H,1-4H3;5-6H,1-4H3;6H,1-5H3;5H,1-4H3,(H,12,14). The van der Waals surface area contributed by atoms with Gasteiger partial charge in [0, 0.05) is 132 Å². The highest BCUT2D eigenvalue weighted by Crippen LogP contribution is 2.35. The summed E-state index contributed by atoms with van der Waals surface area (Å²) in [6.07, 6.45) is 0. The van der Waals surface area contributed by atoms with Gasteiger partial charge in [0.1, 0.15) is 39.9 Å². The second-order valence-corrected chi connectivity index (χ2v) is 33.1. The van der Waals surface area contributed by atoms with Crippen molar-refractivity contribution in [2.75, 3.05) is 28.4 Å². The fraction of sp³-hybridized carbons (Fsp3) is 0.343. The molecule has 1 N–H and O–H groups in total. The number of aromatic amines is 1. The van der Waals surface area contributed by atoms with Crippen molar-refractivity contribution in [3.05, 3.63) is 309 Å². The summed E-state index contributed by atoms with van der Waals surface area (Å²) >= 11 is 0. The highest BCUT2D eigenvalue weighted by atomic mass is 16.5. The van der Waals surface area contributed by atoms with E-state index in [9.17, 15) is 38.4 Å². The van der Waals surface area contributed by atoms with Crippen LogP contribution in [0.4, 0.5) is 0 Å². The minimum Gasteiger partial charge on any atom is -0.495 e. The van der Waals surface area contributed by atoms with Gasteiger partial charge in [-0.05, 0) is 307 Å². The number of pyridine rings is 5. The molecule has 125 heavy (non-hydrogen) atoms. The Hall–Kier alpha value is -13.3. The Kier molecular flexibility index (Phi) is 29.2. The van der Waals surface area contributed by atoms with E-state index < -0.39 is 0 Å². The van der Waals surface area contributed by atoms with E-state index in [-0.39, 0.29) is 44.3 Å². The van der Waals surface area contributed by atoms with Crippen LogP contribution in [0.1, 0.15) is 123 Å². The predicted molar refractivity (Wildman–Crippen MR) is 515 cm³/mol. The molecule has 0 fully saturated rings. The number of fused-ring (bicyclic) bond motifs is 8.